The highest BCUT2D eigenvalue weighted by molar-refractivity contribution is 5.91. The van der Waals surface area contributed by atoms with E-state index in [0.29, 0.717) is 11.9 Å². The average Bonchev–Trinajstić information content (AvgIpc) is 2.82. The van der Waals surface area contributed by atoms with Crippen LogP contribution in [0.2, 0.25) is 0 Å². The molecule has 2 N–H and O–H groups in total. The largest absolute Gasteiger partial charge is 0.381 e. The third-order valence-electron chi connectivity index (χ3n) is 3.14. The maximum Gasteiger partial charge on any atom is 0.228 e. The number of carbonyl (C=O) groups excluding carboxylic acids is 1. The van der Waals surface area contributed by atoms with Gasteiger partial charge in [-0.15, -0.1) is 0 Å². The van der Waals surface area contributed by atoms with Gasteiger partial charge < -0.3 is 10.1 Å². The van der Waals surface area contributed by atoms with Gasteiger partial charge in [0, 0.05) is 19.1 Å². The van der Waals surface area contributed by atoms with E-state index in [1.54, 1.807) is 19.4 Å². The predicted octanol–water partition coefficient (Wildman–Crippen LogP) is 1.55. The summed E-state index contributed by atoms with van der Waals surface area (Å²) < 4.78 is 5.28. The quantitative estimate of drug-likeness (QED) is 0.817. The van der Waals surface area contributed by atoms with E-state index in [4.69, 9.17) is 4.74 Å². The van der Waals surface area contributed by atoms with Crippen LogP contribution in [0.25, 0.3) is 0 Å². The van der Waals surface area contributed by atoms with E-state index in [0.717, 1.165) is 25.7 Å². The topological polar surface area (TPSA) is 67.0 Å². The van der Waals surface area contributed by atoms with E-state index in [9.17, 15) is 4.79 Å². The van der Waals surface area contributed by atoms with Crippen molar-refractivity contribution in [1.29, 1.82) is 0 Å². The number of hydrogen-bond donors (Lipinski definition) is 2. The maximum atomic E-state index is 11.9. The minimum Gasteiger partial charge on any atom is -0.381 e. The molecule has 0 spiro atoms. The van der Waals surface area contributed by atoms with Crippen LogP contribution >= 0.6 is 0 Å². The fourth-order valence-corrected chi connectivity index (χ4v) is 2.12. The van der Waals surface area contributed by atoms with Gasteiger partial charge in [-0.3, -0.25) is 9.89 Å². The number of nitrogens with one attached hydrogen (secondary N) is 2. The van der Waals surface area contributed by atoms with Crippen LogP contribution in [0.3, 0.4) is 0 Å². The van der Waals surface area contributed by atoms with Crippen molar-refractivity contribution in [2.75, 3.05) is 12.4 Å². The van der Waals surface area contributed by atoms with Crippen molar-refractivity contribution in [2.45, 2.75) is 31.8 Å². The van der Waals surface area contributed by atoms with Crippen LogP contribution in [-0.2, 0) is 9.53 Å². The molecule has 0 aliphatic heterocycles. The molecule has 16 heavy (non-hydrogen) atoms. The molecule has 88 valence electrons. The van der Waals surface area contributed by atoms with Gasteiger partial charge >= 0.3 is 0 Å². The molecule has 0 bridgehead atoms. The molecule has 0 aromatic carbocycles. The molecule has 1 fully saturated rings. The Bertz CT molecular complexity index is 329. The van der Waals surface area contributed by atoms with Crippen molar-refractivity contribution in [3.63, 3.8) is 0 Å². The Balaban J connectivity index is 1.82. The number of nitrogens with zero attached hydrogens (tertiary/aromatic N) is 1. The lowest BCUT2D eigenvalue weighted by Gasteiger charge is -2.26. The fourth-order valence-electron chi connectivity index (χ4n) is 2.12. The Morgan fingerprint density at radius 3 is 2.81 bits per heavy atom. The summed E-state index contributed by atoms with van der Waals surface area (Å²) in [4.78, 5) is 11.9. The minimum absolute atomic E-state index is 0.0822. The summed E-state index contributed by atoms with van der Waals surface area (Å²) >= 11 is 0. The van der Waals surface area contributed by atoms with E-state index in [1.807, 2.05) is 0 Å². The number of aromatic nitrogens is 2. The zero-order valence-corrected chi connectivity index (χ0v) is 9.40. The molecule has 2 rings (SSSR count). The number of anilines is 1. The molecule has 1 saturated carbocycles. The Morgan fingerprint density at radius 1 is 1.50 bits per heavy atom. The zero-order chi connectivity index (χ0) is 11.4. The lowest BCUT2D eigenvalue weighted by atomic mass is 9.87. The summed E-state index contributed by atoms with van der Waals surface area (Å²) in [6.45, 7) is 0. The van der Waals surface area contributed by atoms with Gasteiger partial charge in [-0.25, -0.2) is 0 Å². The van der Waals surface area contributed by atoms with Crippen LogP contribution in [0.15, 0.2) is 12.3 Å². The number of methoxy groups -OCH3 is 1. The van der Waals surface area contributed by atoms with Crippen molar-refractivity contribution in [3.8, 4) is 0 Å². The summed E-state index contributed by atoms with van der Waals surface area (Å²) in [5, 5.41) is 9.33. The first-order valence-electron chi connectivity index (χ1n) is 5.62. The summed E-state index contributed by atoms with van der Waals surface area (Å²) in [5.41, 5.74) is 0. The second-order valence-corrected chi connectivity index (χ2v) is 4.17. The number of rotatable bonds is 3. The molecule has 1 aromatic rings. The maximum absolute atomic E-state index is 11.9. The van der Waals surface area contributed by atoms with Crippen molar-refractivity contribution < 1.29 is 9.53 Å². The van der Waals surface area contributed by atoms with Crippen molar-refractivity contribution in [3.05, 3.63) is 12.3 Å². The molecule has 1 aromatic heterocycles. The Hall–Kier alpha value is -1.36. The number of carbonyl (C=O) groups is 1. The van der Waals surface area contributed by atoms with Crippen LogP contribution in [0.4, 0.5) is 5.82 Å². The molecule has 1 heterocycles. The molecule has 0 atom stereocenters. The summed E-state index contributed by atoms with van der Waals surface area (Å²) in [5.74, 6) is 0.854. The monoisotopic (exact) mass is 223 g/mol. The number of aromatic amines is 1. The summed E-state index contributed by atoms with van der Waals surface area (Å²) in [6, 6.07) is 1.75. The van der Waals surface area contributed by atoms with Crippen LogP contribution in [0.5, 0.6) is 0 Å². The van der Waals surface area contributed by atoms with Crippen LogP contribution in [0.1, 0.15) is 25.7 Å². The van der Waals surface area contributed by atoms with Gasteiger partial charge in [0.2, 0.25) is 5.91 Å². The molecule has 1 aliphatic carbocycles. The highest BCUT2D eigenvalue weighted by Gasteiger charge is 2.26. The molecular formula is C11H17N3O2. The van der Waals surface area contributed by atoms with E-state index in [2.05, 4.69) is 15.5 Å². The van der Waals surface area contributed by atoms with Crippen LogP contribution in [0, 0.1) is 5.92 Å². The van der Waals surface area contributed by atoms with Crippen molar-refractivity contribution in [1.82, 2.24) is 10.2 Å². The third-order valence-corrected chi connectivity index (χ3v) is 3.14. The van der Waals surface area contributed by atoms with Crippen molar-refractivity contribution in [2.24, 2.45) is 5.92 Å². The molecule has 0 unspecified atom stereocenters. The van der Waals surface area contributed by atoms with Gasteiger partial charge in [-0.1, -0.05) is 0 Å². The third kappa shape index (κ3) is 2.61. The number of hydrogen-bond acceptors (Lipinski definition) is 3. The lowest BCUT2D eigenvalue weighted by Crippen LogP contribution is -2.29. The van der Waals surface area contributed by atoms with Crippen LogP contribution < -0.4 is 5.32 Å². The van der Waals surface area contributed by atoms with E-state index >= 15 is 0 Å². The lowest BCUT2D eigenvalue weighted by molar-refractivity contribution is -0.121. The molecule has 5 heteroatoms. The van der Waals surface area contributed by atoms with Gasteiger partial charge in [-0.2, -0.15) is 5.10 Å². The molecule has 0 radical (unpaired) electrons. The SMILES string of the molecule is COC1CCC(C(=O)Nc2ccn[nH]2)CC1. The second-order valence-electron chi connectivity index (χ2n) is 4.17. The average molecular weight is 223 g/mol. The van der Waals surface area contributed by atoms with Crippen LogP contribution in [-0.4, -0.2) is 29.3 Å². The fraction of sp³-hybridized carbons (Fsp3) is 0.636. The Kier molecular flexibility index (Phi) is 3.56. The van der Waals surface area contributed by atoms with E-state index < -0.39 is 0 Å². The summed E-state index contributed by atoms with van der Waals surface area (Å²) in [6.07, 6.45) is 5.69. The molecule has 5 nitrogen and oxygen atoms in total. The zero-order valence-electron chi connectivity index (χ0n) is 9.40. The minimum atomic E-state index is 0.0822. The van der Waals surface area contributed by atoms with Gasteiger partial charge in [0.25, 0.3) is 0 Å². The second kappa shape index (κ2) is 5.12. The molecule has 1 aliphatic rings. The van der Waals surface area contributed by atoms with E-state index in [1.165, 1.54) is 0 Å². The van der Waals surface area contributed by atoms with Gasteiger partial charge in [-0.05, 0) is 25.7 Å². The standard InChI is InChI=1S/C11H17N3O2/c1-16-9-4-2-8(3-5-9)11(15)13-10-6-7-12-14-10/h6-9H,2-5H2,1H3,(H2,12,13,14,15). The first-order chi connectivity index (χ1) is 7.79. The van der Waals surface area contributed by atoms with Gasteiger partial charge in [0.05, 0.1) is 12.3 Å². The van der Waals surface area contributed by atoms with Gasteiger partial charge in [0.15, 0.2) is 0 Å². The Labute approximate surface area is 94.6 Å². The number of H-pyrrole nitrogens is 1. The highest BCUT2D eigenvalue weighted by Crippen LogP contribution is 2.26. The normalized spacial score (nSPS) is 25.3. The molecular weight excluding hydrogens is 206 g/mol. The first kappa shape index (κ1) is 11.1. The smallest absolute Gasteiger partial charge is 0.228 e. The predicted molar refractivity (Wildman–Crippen MR) is 60.0 cm³/mol. The first-order valence-corrected chi connectivity index (χ1v) is 5.62. The Morgan fingerprint density at radius 2 is 2.25 bits per heavy atom. The summed E-state index contributed by atoms with van der Waals surface area (Å²) in [7, 11) is 1.73. The highest BCUT2D eigenvalue weighted by atomic mass is 16.5. The van der Waals surface area contributed by atoms with E-state index in [-0.39, 0.29) is 11.8 Å². The van der Waals surface area contributed by atoms with Crippen molar-refractivity contribution >= 4 is 11.7 Å². The molecule has 0 saturated heterocycles. The van der Waals surface area contributed by atoms with Gasteiger partial charge in [0.1, 0.15) is 5.82 Å². The number of amides is 1. The molecule has 1 amide bonds. The number of ether oxygens (including phenoxy) is 1.